The van der Waals surface area contributed by atoms with E-state index in [0.29, 0.717) is 17.9 Å². The number of aliphatic imine (C=N–C) groups is 1. The van der Waals surface area contributed by atoms with Crippen LogP contribution in [0, 0.1) is 0 Å². The topological polar surface area (TPSA) is 64.4 Å². The summed E-state index contributed by atoms with van der Waals surface area (Å²) in [5.74, 6) is 0.394. The third-order valence-corrected chi connectivity index (χ3v) is 3.93. The van der Waals surface area contributed by atoms with Crippen molar-refractivity contribution in [1.29, 1.82) is 0 Å². The molecule has 1 saturated heterocycles. The molecule has 6 heteroatoms. The first-order valence-corrected chi connectivity index (χ1v) is 8.58. The molecule has 24 heavy (non-hydrogen) atoms. The first-order valence-electron chi connectivity index (χ1n) is 8.58. The monoisotopic (exact) mass is 334 g/mol. The molecule has 2 N–H and O–H groups in total. The number of likely N-dealkylation sites (tertiary alicyclic amines) is 1. The number of ether oxygens (including phenoxy) is 2. The Bertz CT molecular complexity index is 566. The summed E-state index contributed by atoms with van der Waals surface area (Å²) in [6.45, 7) is 7.88. The quantitative estimate of drug-likeness (QED) is 0.600. The van der Waals surface area contributed by atoms with Crippen LogP contribution in [0.1, 0.15) is 37.0 Å². The lowest BCUT2D eigenvalue weighted by Gasteiger charge is -2.15. The predicted molar refractivity (Wildman–Crippen MR) is 93.8 cm³/mol. The molecule has 1 heterocycles. The fourth-order valence-corrected chi connectivity index (χ4v) is 2.70. The van der Waals surface area contributed by atoms with Crippen molar-refractivity contribution < 1.29 is 19.2 Å². The molecule has 1 aromatic rings. The number of rotatable bonds is 6. The number of nitrogens with zero attached hydrogens (tertiary/aromatic N) is 1. The normalized spacial score (nSPS) is 15.6. The van der Waals surface area contributed by atoms with Gasteiger partial charge in [0.25, 0.3) is 11.9 Å². The van der Waals surface area contributed by atoms with Crippen LogP contribution in [0.4, 0.5) is 0 Å². The number of carbonyl (C=O) groups is 1. The van der Waals surface area contributed by atoms with Gasteiger partial charge >= 0.3 is 0 Å². The molecule has 132 valence electrons. The second-order valence-corrected chi connectivity index (χ2v) is 6.25. The largest absolute Gasteiger partial charge is 0.497 e. The number of nitrogens with one attached hydrogen (secondary N) is 2. The molecule has 0 radical (unpaired) electrons. The van der Waals surface area contributed by atoms with Crippen molar-refractivity contribution in [2.24, 2.45) is 4.99 Å². The molecule has 0 aromatic heterocycles. The van der Waals surface area contributed by atoms with Gasteiger partial charge in [-0.3, -0.25) is 10.1 Å². The summed E-state index contributed by atoms with van der Waals surface area (Å²) in [7, 11) is 1.58. The van der Waals surface area contributed by atoms with Crippen LogP contribution in [0.2, 0.25) is 0 Å². The highest BCUT2D eigenvalue weighted by Gasteiger charge is 2.15. The number of hydrogen-bond donors (Lipinski definition) is 2. The zero-order chi connectivity index (χ0) is 17.4. The van der Waals surface area contributed by atoms with Crippen LogP contribution in [0.3, 0.4) is 0 Å². The fourth-order valence-electron chi connectivity index (χ4n) is 2.70. The third kappa shape index (κ3) is 5.85. The second-order valence-electron chi connectivity index (χ2n) is 6.25. The Morgan fingerprint density at radius 3 is 2.75 bits per heavy atom. The third-order valence-electron chi connectivity index (χ3n) is 3.93. The van der Waals surface area contributed by atoms with Gasteiger partial charge in [0.05, 0.1) is 39.4 Å². The second kappa shape index (κ2) is 9.27. The highest BCUT2D eigenvalue weighted by molar-refractivity contribution is 6.04. The lowest BCUT2D eigenvalue weighted by molar-refractivity contribution is -0.885. The van der Waals surface area contributed by atoms with E-state index in [-0.39, 0.29) is 18.0 Å². The van der Waals surface area contributed by atoms with E-state index in [4.69, 9.17) is 9.47 Å². The Balaban J connectivity index is 1.96. The standard InChI is InChI=1S/C18H27N3O3/c1-14(2)24-18(19-9-12-21-10-4-5-11-21)20-17(22)15-7-6-8-16(13-15)23-3/h6-8,13-14H,4-5,9-12H2,1-3H3,(H,19,20,22)/p+1. The highest BCUT2D eigenvalue weighted by Crippen LogP contribution is 2.12. The summed E-state index contributed by atoms with van der Waals surface area (Å²) in [5.41, 5.74) is 0.513. The van der Waals surface area contributed by atoms with Gasteiger partial charge in [-0.25, -0.2) is 4.99 Å². The van der Waals surface area contributed by atoms with Gasteiger partial charge in [0.2, 0.25) is 0 Å². The van der Waals surface area contributed by atoms with Gasteiger partial charge < -0.3 is 14.4 Å². The molecule has 6 nitrogen and oxygen atoms in total. The van der Waals surface area contributed by atoms with Crippen LogP contribution in [0.25, 0.3) is 0 Å². The zero-order valence-corrected chi connectivity index (χ0v) is 14.8. The van der Waals surface area contributed by atoms with Gasteiger partial charge in [-0.1, -0.05) is 6.07 Å². The van der Waals surface area contributed by atoms with Crippen LogP contribution in [0.15, 0.2) is 29.3 Å². The van der Waals surface area contributed by atoms with E-state index < -0.39 is 0 Å². The molecule has 0 bridgehead atoms. The summed E-state index contributed by atoms with van der Waals surface area (Å²) < 4.78 is 10.8. The smallest absolute Gasteiger partial charge is 0.292 e. The van der Waals surface area contributed by atoms with E-state index >= 15 is 0 Å². The summed E-state index contributed by atoms with van der Waals surface area (Å²) in [6, 6.07) is 7.30. The van der Waals surface area contributed by atoms with Crippen molar-refractivity contribution in [3.8, 4) is 5.75 Å². The van der Waals surface area contributed by atoms with E-state index in [2.05, 4.69) is 10.3 Å². The van der Waals surface area contributed by atoms with E-state index in [1.165, 1.54) is 25.9 Å². The Morgan fingerprint density at radius 1 is 1.33 bits per heavy atom. The predicted octanol–water partition coefficient (Wildman–Crippen LogP) is 0.885. The Hall–Kier alpha value is -2.08. The molecule has 0 aliphatic carbocycles. The van der Waals surface area contributed by atoms with Crippen molar-refractivity contribution in [2.45, 2.75) is 32.8 Å². The molecule has 0 spiro atoms. The molecular formula is C18H28N3O3+. The number of hydrogen-bond acceptors (Lipinski definition) is 4. The minimum Gasteiger partial charge on any atom is -0.497 e. The van der Waals surface area contributed by atoms with Crippen molar-refractivity contribution in [2.75, 3.05) is 33.3 Å². The molecule has 0 unspecified atom stereocenters. The average molecular weight is 334 g/mol. The molecule has 1 amide bonds. The van der Waals surface area contributed by atoms with Crippen LogP contribution in [0.5, 0.6) is 5.75 Å². The van der Waals surface area contributed by atoms with Crippen LogP contribution in [-0.4, -0.2) is 51.3 Å². The molecule has 1 fully saturated rings. The van der Waals surface area contributed by atoms with Crippen molar-refractivity contribution >= 4 is 11.9 Å². The Labute approximate surface area is 143 Å². The molecule has 0 atom stereocenters. The minimum atomic E-state index is -0.248. The molecular weight excluding hydrogens is 306 g/mol. The average Bonchev–Trinajstić information content (AvgIpc) is 3.07. The number of methoxy groups -OCH3 is 1. The van der Waals surface area contributed by atoms with Crippen molar-refractivity contribution in [3.05, 3.63) is 29.8 Å². The maximum atomic E-state index is 12.4. The Morgan fingerprint density at radius 2 is 2.08 bits per heavy atom. The van der Waals surface area contributed by atoms with Gasteiger partial charge in [0, 0.05) is 18.4 Å². The van der Waals surface area contributed by atoms with Crippen LogP contribution >= 0.6 is 0 Å². The van der Waals surface area contributed by atoms with E-state index in [1.807, 2.05) is 13.8 Å². The highest BCUT2D eigenvalue weighted by atomic mass is 16.5. The number of benzene rings is 1. The molecule has 1 aromatic carbocycles. The number of carbonyl (C=O) groups excluding carboxylic acids is 1. The zero-order valence-electron chi connectivity index (χ0n) is 14.8. The first kappa shape index (κ1) is 18.3. The lowest BCUT2D eigenvalue weighted by atomic mass is 10.2. The van der Waals surface area contributed by atoms with E-state index in [9.17, 15) is 4.79 Å². The van der Waals surface area contributed by atoms with Gasteiger partial charge in [-0.05, 0) is 32.0 Å². The van der Waals surface area contributed by atoms with Crippen molar-refractivity contribution in [3.63, 3.8) is 0 Å². The van der Waals surface area contributed by atoms with Gasteiger partial charge in [0.15, 0.2) is 0 Å². The molecule has 1 aliphatic rings. The maximum Gasteiger partial charge on any atom is 0.292 e. The Kier molecular flexibility index (Phi) is 7.06. The lowest BCUT2D eigenvalue weighted by Crippen LogP contribution is -3.10. The minimum absolute atomic E-state index is 0.0477. The summed E-state index contributed by atoms with van der Waals surface area (Å²) in [4.78, 5) is 18.4. The molecule has 2 rings (SSSR count). The van der Waals surface area contributed by atoms with Crippen molar-refractivity contribution in [1.82, 2.24) is 5.32 Å². The molecule has 0 saturated carbocycles. The fraction of sp³-hybridized carbons (Fsp3) is 0.556. The first-order chi connectivity index (χ1) is 11.6. The summed E-state index contributed by atoms with van der Waals surface area (Å²) >= 11 is 0. The molecule has 1 aliphatic heterocycles. The maximum absolute atomic E-state index is 12.4. The van der Waals surface area contributed by atoms with E-state index in [0.717, 1.165) is 6.54 Å². The van der Waals surface area contributed by atoms with Gasteiger partial charge in [0.1, 0.15) is 5.75 Å². The van der Waals surface area contributed by atoms with Gasteiger partial charge in [-0.2, -0.15) is 0 Å². The SMILES string of the molecule is COc1cccc(C(=O)NC(=NCC[NH+]2CCCC2)OC(C)C)c1. The number of quaternary nitrogens is 1. The summed E-state index contributed by atoms with van der Waals surface area (Å²) in [6.07, 6.45) is 2.54. The van der Waals surface area contributed by atoms with Crippen LogP contribution < -0.4 is 15.0 Å². The summed E-state index contributed by atoms with van der Waals surface area (Å²) in [5, 5.41) is 2.77. The number of amidine groups is 1. The van der Waals surface area contributed by atoms with Gasteiger partial charge in [-0.15, -0.1) is 0 Å². The van der Waals surface area contributed by atoms with E-state index in [1.54, 1.807) is 36.3 Å². The number of amides is 1. The van der Waals surface area contributed by atoms with Crippen LogP contribution in [-0.2, 0) is 4.74 Å².